The van der Waals surface area contributed by atoms with Gasteiger partial charge in [-0.25, -0.2) is 19.7 Å². The van der Waals surface area contributed by atoms with Crippen LogP contribution < -0.4 is 25.0 Å². The number of aromatic nitrogens is 3. The van der Waals surface area contributed by atoms with Crippen molar-refractivity contribution in [1.82, 2.24) is 19.9 Å². The van der Waals surface area contributed by atoms with E-state index < -0.39 is 0 Å². The molecule has 10 heteroatoms. The Morgan fingerprint density at radius 3 is 2.61 bits per heavy atom. The minimum Gasteiger partial charge on any atom is -0.454 e. The van der Waals surface area contributed by atoms with Crippen LogP contribution in [0.3, 0.4) is 0 Å². The minimum atomic E-state index is -0.140. The highest BCUT2D eigenvalue weighted by Gasteiger charge is 2.23. The van der Waals surface area contributed by atoms with Crippen LogP contribution in [-0.4, -0.2) is 58.9 Å². The molecule has 2 aromatic heterocycles. The molecule has 1 fully saturated rings. The van der Waals surface area contributed by atoms with Crippen molar-refractivity contribution in [2.24, 2.45) is 0 Å². The molecule has 2 N–H and O–H groups in total. The van der Waals surface area contributed by atoms with Gasteiger partial charge in [0.1, 0.15) is 23.8 Å². The lowest BCUT2D eigenvalue weighted by molar-refractivity contribution is 0.174. The summed E-state index contributed by atoms with van der Waals surface area (Å²) in [5.74, 6) is 3.53. The van der Waals surface area contributed by atoms with Crippen LogP contribution in [0.15, 0.2) is 55.0 Å². The van der Waals surface area contributed by atoms with Crippen LogP contribution in [0.2, 0.25) is 0 Å². The van der Waals surface area contributed by atoms with Crippen molar-refractivity contribution < 1.29 is 14.3 Å². The number of nitrogens with zero attached hydrogens (tertiary/aromatic N) is 5. The van der Waals surface area contributed by atoms with E-state index in [0.717, 1.165) is 11.6 Å². The summed E-state index contributed by atoms with van der Waals surface area (Å²) in [5.41, 5.74) is 0.678. The summed E-state index contributed by atoms with van der Waals surface area (Å²) >= 11 is 0. The summed E-state index contributed by atoms with van der Waals surface area (Å²) in [7, 11) is 0. The zero-order valence-electron chi connectivity index (χ0n) is 16.7. The Morgan fingerprint density at radius 1 is 0.903 bits per heavy atom. The number of ether oxygens (including phenoxy) is 2. The third kappa shape index (κ3) is 4.27. The fourth-order valence-electron chi connectivity index (χ4n) is 3.47. The number of piperazine rings is 1. The first-order valence-corrected chi connectivity index (χ1v) is 9.95. The summed E-state index contributed by atoms with van der Waals surface area (Å²) in [6.07, 6.45) is 3.25. The predicted octanol–water partition coefficient (Wildman–Crippen LogP) is 2.70. The molecule has 3 aromatic rings. The average Bonchev–Trinajstić information content (AvgIpc) is 3.28. The van der Waals surface area contributed by atoms with Crippen molar-refractivity contribution in [3.63, 3.8) is 0 Å². The Kier molecular flexibility index (Phi) is 5.09. The van der Waals surface area contributed by atoms with Gasteiger partial charge >= 0.3 is 6.03 Å². The number of nitrogens with one attached hydrogen (secondary N) is 2. The Balaban J connectivity index is 1.17. The first-order chi connectivity index (χ1) is 15.2. The monoisotopic (exact) mass is 419 g/mol. The molecule has 0 radical (unpaired) electrons. The van der Waals surface area contributed by atoms with Crippen LogP contribution in [-0.2, 0) is 0 Å². The summed E-state index contributed by atoms with van der Waals surface area (Å²) < 4.78 is 10.7. The van der Waals surface area contributed by atoms with Gasteiger partial charge in [-0.3, -0.25) is 0 Å². The van der Waals surface area contributed by atoms with Gasteiger partial charge in [-0.05, 0) is 24.3 Å². The molecule has 1 saturated heterocycles. The minimum absolute atomic E-state index is 0.140. The smallest absolute Gasteiger partial charge is 0.321 e. The second-order valence-corrected chi connectivity index (χ2v) is 7.07. The Hall–Kier alpha value is -4.08. The fraction of sp³-hybridized carbons (Fsp3) is 0.238. The highest BCUT2D eigenvalue weighted by Crippen LogP contribution is 2.34. The zero-order chi connectivity index (χ0) is 21.0. The lowest BCUT2D eigenvalue weighted by Crippen LogP contribution is -2.50. The molecule has 0 spiro atoms. The van der Waals surface area contributed by atoms with E-state index in [9.17, 15) is 4.79 Å². The van der Waals surface area contributed by atoms with E-state index in [-0.39, 0.29) is 12.8 Å². The number of carbonyl (C=O) groups excluding carboxylic acids is 1. The van der Waals surface area contributed by atoms with E-state index in [4.69, 9.17) is 9.47 Å². The van der Waals surface area contributed by atoms with Crippen molar-refractivity contribution in [2.75, 3.05) is 48.5 Å². The highest BCUT2D eigenvalue weighted by molar-refractivity contribution is 5.90. The third-order valence-electron chi connectivity index (χ3n) is 5.09. The average molecular weight is 419 g/mol. The molecule has 31 heavy (non-hydrogen) atoms. The molecule has 0 saturated carbocycles. The van der Waals surface area contributed by atoms with Crippen molar-refractivity contribution >= 4 is 29.2 Å². The molecule has 0 atom stereocenters. The highest BCUT2D eigenvalue weighted by atomic mass is 16.7. The van der Waals surface area contributed by atoms with Gasteiger partial charge in [0, 0.05) is 50.2 Å². The molecule has 2 aliphatic rings. The summed E-state index contributed by atoms with van der Waals surface area (Å²) in [6.45, 7) is 2.73. The first-order valence-electron chi connectivity index (χ1n) is 9.95. The van der Waals surface area contributed by atoms with Gasteiger partial charge in [0.25, 0.3) is 0 Å². The fourth-order valence-corrected chi connectivity index (χ4v) is 3.47. The van der Waals surface area contributed by atoms with E-state index in [2.05, 4.69) is 30.5 Å². The van der Waals surface area contributed by atoms with Crippen molar-refractivity contribution in [1.29, 1.82) is 0 Å². The number of anilines is 4. The lowest BCUT2D eigenvalue weighted by atomic mass is 10.2. The van der Waals surface area contributed by atoms with Gasteiger partial charge in [-0.1, -0.05) is 6.07 Å². The Morgan fingerprint density at radius 2 is 1.77 bits per heavy atom. The van der Waals surface area contributed by atoms with Crippen molar-refractivity contribution in [3.8, 4) is 11.5 Å². The largest absolute Gasteiger partial charge is 0.454 e. The van der Waals surface area contributed by atoms with Gasteiger partial charge in [-0.15, -0.1) is 0 Å². The molecule has 10 nitrogen and oxygen atoms in total. The van der Waals surface area contributed by atoms with E-state index in [1.54, 1.807) is 29.3 Å². The quantitative estimate of drug-likeness (QED) is 0.665. The second kappa shape index (κ2) is 8.34. The molecule has 0 unspecified atom stereocenters. The van der Waals surface area contributed by atoms with Crippen molar-refractivity contribution in [3.05, 3.63) is 55.0 Å². The summed E-state index contributed by atoms with van der Waals surface area (Å²) in [6, 6.07) is 12.8. The predicted molar refractivity (Wildman–Crippen MR) is 115 cm³/mol. The summed E-state index contributed by atoms with van der Waals surface area (Å²) in [5, 5.41) is 6.10. The molecule has 158 valence electrons. The number of amides is 2. The van der Waals surface area contributed by atoms with Gasteiger partial charge in [0.15, 0.2) is 11.5 Å². The molecule has 5 rings (SSSR count). The lowest BCUT2D eigenvalue weighted by Gasteiger charge is -2.35. The number of benzene rings is 1. The zero-order valence-corrected chi connectivity index (χ0v) is 16.7. The number of fused-ring (bicyclic) bond motifs is 1. The van der Waals surface area contributed by atoms with Crippen LogP contribution in [0, 0.1) is 0 Å². The van der Waals surface area contributed by atoms with Crippen LogP contribution in [0.4, 0.5) is 27.9 Å². The molecular formula is C21H21N7O3. The van der Waals surface area contributed by atoms with Gasteiger partial charge < -0.3 is 29.9 Å². The van der Waals surface area contributed by atoms with E-state index in [1.807, 2.05) is 24.3 Å². The third-order valence-corrected chi connectivity index (χ3v) is 5.09. The molecule has 0 aliphatic carbocycles. The SMILES string of the molecule is O=C(Nc1ccc2c(c1)OCO2)N1CCN(c2cc(Nc3ccccn3)ncn2)CC1. The number of hydrogen-bond acceptors (Lipinski definition) is 8. The number of rotatable bonds is 4. The molecule has 4 heterocycles. The van der Waals surface area contributed by atoms with Gasteiger partial charge in [0.2, 0.25) is 6.79 Å². The maximum absolute atomic E-state index is 12.6. The number of urea groups is 1. The number of carbonyl (C=O) groups is 1. The maximum Gasteiger partial charge on any atom is 0.321 e. The molecule has 2 aliphatic heterocycles. The molecule has 0 bridgehead atoms. The van der Waals surface area contributed by atoms with E-state index in [1.165, 1.54) is 6.33 Å². The molecule has 2 amide bonds. The van der Waals surface area contributed by atoms with Crippen LogP contribution in [0.25, 0.3) is 0 Å². The first kappa shape index (κ1) is 18.9. The van der Waals surface area contributed by atoms with Gasteiger partial charge in [0.05, 0.1) is 0 Å². The molecule has 1 aromatic carbocycles. The van der Waals surface area contributed by atoms with Crippen molar-refractivity contribution in [2.45, 2.75) is 0 Å². The Bertz CT molecular complexity index is 1070. The normalized spacial score (nSPS) is 15.0. The van der Waals surface area contributed by atoms with E-state index >= 15 is 0 Å². The van der Waals surface area contributed by atoms with Crippen LogP contribution >= 0.6 is 0 Å². The summed E-state index contributed by atoms with van der Waals surface area (Å²) in [4.78, 5) is 29.5. The molecular weight excluding hydrogens is 398 g/mol. The van der Waals surface area contributed by atoms with Gasteiger partial charge in [-0.2, -0.15) is 0 Å². The van der Waals surface area contributed by atoms with Crippen LogP contribution in [0.5, 0.6) is 11.5 Å². The number of hydrogen-bond donors (Lipinski definition) is 2. The Labute approximate surface area is 178 Å². The van der Waals surface area contributed by atoms with E-state index in [0.29, 0.717) is 49.2 Å². The topological polar surface area (TPSA) is 105 Å². The second-order valence-electron chi connectivity index (χ2n) is 7.07. The maximum atomic E-state index is 12.6. The van der Waals surface area contributed by atoms with Crippen LogP contribution in [0.1, 0.15) is 0 Å². The standard InChI is InChI=1S/C21H21N7O3/c29-21(25-15-4-5-16-17(11-15)31-14-30-16)28-9-7-27(8-10-28)20-12-19(23-13-24-20)26-18-3-1-2-6-22-18/h1-6,11-13H,7-10,14H2,(H,25,29)(H,22,23,24,26). The number of pyridine rings is 1.